The summed E-state index contributed by atoms with van der Waals surface area (Å²) in [5, 5.41) is 34.9. The Labute approximate surface area is 222 Å². The highest BCUT2D eigenvalue weighted by atomic mass is 16.6. The highest BCUT2D eigenvalue weighted by Gasteiger charge is 2.68. The Bertz CT molecular complexity index is 1460. The SMILES string of the molecule is COc1cc(C2NC(Cc3ccc([N+](=O)[O-])cc3)(C(=O)O)C3C(=O)N(Cc4ccccc4)C(=O)C23)ccc1O. The largest absolute Gasteiger partial charge is 0.504 e. The number of nitro benzene ring substituents is 1. The Morgan fingerprint density at radius 2 is 1.74 bits per heavy atom. The lowest BCUT2D eigenvalue weighted by atomic mass is 9.76. The van der Waals surface area contributed by atoms with E-state index in [9.17, 15) is 34.7 Å². The van der Waals surface area contributed by atoms with Crippen molar-refractivity contribution in [2.75, 3.05) is 7.11 Å². The topological polar surface area (TPSA) is 159 Å². The van der Waals surface area contributed by atoms with Gasteiger partial charge >= 0.3 is 5.97 Å². The van der Waals surface area contributed by atoms with Crippen molar-refractivity contribution in [3.05, 3.63) is 99.6 Å². The van der Waals surface area contributed by atoms with Gasteiger partial charge in [0.2, 0.25) is 11.8 Å². The van der Waals surface area contributed by atoms with E-state index in [1.54, 1.807) is 30.3 Å². The maximum absolute atomic E-state index is 13.9. The number of non-ortho nitro benzene ring substituents is 1. The number of imide groups is 1. The fourth-order valence-corrected chi connectivity index (χ4v) is 5.65. The first-order valence-electron chi connectivity index (χ1n) is 12.2. The molecule has 2 saturated heterocycles. The minimum Gasteiger partial charge on any atom is -0.504 e. The molecular formula is C28H25N3O8. The minimum atomic E-state index is -1.89. The fourth-order valence-electron chi connectivity index (χ4n) is 5.65. The summed E-state index contributed by atoms with van der Waals surface area (Å²) >= 11 is 0. The molecular weight excluding hydrogens is 506 g/mol. The number of phenolic OH excluding ortho intramolecular Hbond substituents is 1. The van der Waals surface area contributed by atoms with Gasteiger partial charge in [0.15, 0.2) is 11.5 Å². The number of carbonyl (C=O) groups is 3. The van der Waals surface area contributed by atoms with E-state index in [4.69, 9.17) is 4.74 Å². The van der Waals surface area contributed by atoms with Crippen LogP contribution in [0, 0.1) is 22.0 Å². The zero-order valence-corrected chi connectivity index (χ0v) is 20.8. The lowest BCUT2D eigenvalue weighted by Gasteiger charge is -2.31. The van der Waals surface area contributed by atoms with Gasteiger partial charge < -0.3 is 14.9 Å². The maximum Gasteiger partial charge on any atom is 0.325 e. The van der Waals surface area contributed by atoms with Crippen LogP contribution < -0.4 is 10.1 Å². The molecule has 0 radical (unpaired) electrons. The van der Waals surface area contributed by atoms with Gasteiger partial charge in [0.25, 0.3) is 5.69 Å². The maximum atomic E-state index is 13.9. The van der Waals surface area contributed by atoms with Crippen LogP contribution in [0.15, 0.2) is 72.8 Å². The van der Waals surface area contributed by atoms with Gasteiger partial charge in [-0.3, -0.25) is 34.7 Å². The molecule has 39 heavy (non-hydrogen) atoms. The number of phenols is 1. The molecule has 4 unspecified atom stereocenters. The summed E-state index contributed by atoms with van der Waals surface area (Å²) in [5.74, 6) is -4.76. The van der Waals surface area contributed by atoms with Crippen molar-refractivity contribution in [1.29, 1.82) is 0 Å². The van der Waals surface area contributed by atoms with Crippen molar-refractivity contribution in [2.24, 2.45) is 11.8 Å². The summed E-state index contributed by atoms with van der Waals surface area (Å²) in [6.45, 7) is -0.00957. The zero-order valence-electron chi connectivity index (χ0n) is 20.8. The van der Waals surface area contributed by atoms with Gasteiger partial charge in [-0.25, -0.2) is 0 Å². The fraction of sp³-hybridized carbons (Fsp3) is 0.250. The second-order valence-corrected chi connectivity index (χ2v) is 9.68. The molecule has 2 aliphatic heterocycles. The van der Waals surface area contributed by atoms with E-state index < -0.39 is 46.1 Å². The number of likely N-dealkylation sites (tertiary alicyclic amines) is 1. The lowest BCUT2D eigenvalue weighted by Crippen LogP contribution is -2.57. The van der Waals surface area contributed by atoms with Crippen molar-refractivity contribution in [3.8, 4) is 11.5 Å². The molecule has 5 rings (SSSR count). The molecule has 3 aromatic carbocycles. The summed E-state index contributed by atoms with van der Waals surface area (Å²) in [4.78, 5) is 52.3. The molecule has 11 nitrogen and oxygen atoms in total. The minimum absolute atomic E-state index is 0.00957. The van der Waals surface area contributed by atoms with Crippen LogP contribution in [0.4, 0.5) is 5.69 Å². The summed E-state index contributed by atoms with van der Waals surface area (Å²) in [6.07, 6.45) is -0.203. The smallest absolute Gasteiger partial charge is 0.325 e. The third-order valence-electron chi connectivity index (χ3n) is 7.50. The highest BCUT2D eigenvalue weighted by Crippen LogP contribution is 2.51. The van der Waals surface area contributed by atoms with E-state index in [-0.39, 0.29) is 30.2 Å². The summed E-state index contributed by atoms with van der Waals surface area (Å²) in [6, 6.07) is 17.9. The molecule has 3 N–H and O–H groups in total. The van der Waals surface area contributed by atoms with E-state index >= 15 is 0 Å². The number of ether oxygens (including phenoxy) is 1. The molecule has 0 bridgehead atoms. The van der Waals surface area contributed by atoms with Crippen LogP contribution in [0.3, 0.4) is 0 Å². The van der Waals surface area contributed by atoms with Gasteiger partial charge in [0.05, 0.1) is 30.4 Å². The number of methoxy groups -OCH3 is 1. The Balaban J connectivity index is 1.60. The molecule has 2 fully saturated rings. The number of carbonyl (C=O) groups excluding carboxylic acids is 2. The molecule has 0 saturated carbocycles. The Morgan fingerprint density at radius 3 is 2.36 bits per heavy atom. The Morgan fingerprint density at radius 1 is 1.05 bits per heavy atom. The molecule has 200 valence electrons. The van der Waals surface area contributed by atoms with Gasteiger partial charge in [0, 0.05) is 24.6 Å². The van der Waals surface area contributed by atoms with Crippen LogP contribution in [-0.4, -0.2) is 50.5 Å². The quantitative estimate of drug-likeness (QED) is 0.226. The Hall–Kier alpha value is -4.77. The number of rotatable bonds is 8. The van der Waals surface area contributed by atoms with E-state index in [0.29, 0.717) is 16.7 Å². The molecule has 0 aromatic heterocycles. The van der Waals surface area contributed by atoms with Crippen LogP contribution in [0.1, 0.15) is 22.7 Å². The first-order valence-corrected chi connectivity index (χ1v) is 12.2. The van der Waals surface area contributed by atoms with Crippen molar-refractivity contribution in [3.63, 3.8) is 0 Å². The number of aliphatic carboxylic acids is 1. The molecule has 4 atom stereocenters. The highest BCUT2D eigenvalue weighted by molar-refractivity contribution is 6.09. The molecule has 0 spiro atoms. The number of aromatic hydroxyl groups is 1. The number of hydrogen-bond donors (Lipinski definition) is 3. The first-order chi connectivity index (χ1) is 18.7. The molecule has 11 heteroatoms. The van der Waals surface area contributed by atoms with Crippen LogP contribution >= 0.6 is 0 Å². The standard InChI is InChI=1S/C28H25N3O8/c1-39-21-13-18(9-12-20(21)32)24-22-23(26(34)30(25(22)33)15-17-5-3-2-4-6-17)28(29-24,27(35)36)14-16-7-10-19(11-8-16)31(37)38/h2-13,22-24,29,32H,14-15H2,1H3,(H,35,36). The number of nitrogens with zero attached hydrogens (tertiary/aromatic N) is 2. The normalized spacial score (nSPS) is 24.0. The van der Waals surface area contributed by atoms with Crippen LogP contribution in [-0.2, 0) is 27.3 Å². The van der Waals surface area contributed by atoms with Crippen molar-refractivity contribution in [1.82, 2.24) is 10.2 Å². The summed E-state index contributed by atoms with van der Waals surface area (Å²) in [5.41, 5.74) is -0.426. The number of hydrogen-bond acceptors (Lipinski definition) is 8. The van der Waals surface area contributed by atoms with E-state index in [1.807, 2.05) is 6.07 Å². The average molecular weight is 532 g/mol. The third kappa shape index (κ3) is 4.36. The van der Waals surface area contributed by atoms with Crippen LogP contribution in [0.5, 0.6) is 11.5 Å². The van der Waals surface area contributed by atoms with E-state index in [2.05, 4.69) is 5.32 Å². The van der Waals surface area contributed by atoms with Crippen molar-refractivity contribution >= 4 is 23.5 Å². The summed E-state index contributed by atoms with van der Waals surface area (Å²) in [7, 11) is 1.37. The van der Waals surface area contributed by atoms with Crippen molar-refractivity contribution in [2.45, 2.75) is 24.5 Å². The van der Waals surface area contributed by atoms with E-state index in [0.717, 1.165) is 4.90 Å². The van der Waals surface area contributed by atoms with Gasteiger partial charge in [-0.15, -0.1) is 0 Å². The van der Waals surface area contributed by atoms with Gasteiger partial charge in [-0.05, 0) is 28.8 Å². The first kappa shape index (κ1) is 25.9. The number of carboxylic acids is 1. The zero-order chi connectivity index (χ0) is 27.9. The molecule has 2 heterocycles. The predicted octanol–water partition coefficient (Wildman–Crippen LogP) is 2.82. The number of fused-ring (bicyclic) bond motifs is 1. The monoisotopic (exact) mass is 531 g/mol. The molecule has 0 aliphatic carbocycles. The second kappa shape index (κ2) is 9.84. The molecule has 2 aliphatic rings. The van der Waals surface area contributed by atoms with Crippen LogP contribution in [0.25, 0.3) is 0 Å². The number of benzene rings is 3. The second-order valence-electron chi connectivity index (χ2n) is 9.68. The number of amides is 2. The van der Waals surface area contributed by atoms with Gasteiger partial charge in [-0.1, -0.05) is 48.5 Å². The number of carboxylic acid groups (broad SMARTS) is 1. The van der Waals surface area contributed by atoms with Gasteiger partial charge in [-0.2, -0.15) is 0 Å². The van der Waals surface area contributed by atoms with Crippen molar-refractivity contribution < 1.29 is 34.3 Å². The summed E-state index contributed by atoms with van der Waals surface area (Å²) < 4.78 is 5.22. The van der Waals surface area contributed by atoms with E-state index in [1.165, 1.54) is 43.5 Å². The molecule has 3 aromatic rings. The number of nitrogens with one attached hydrogen (secondary N) is 1. The van der Waals surface area contributed by atoms with Gasteiger partial charge in [0.1, 0.15) is 5.54 Å². The predicted molar refractivity (Wildman–Crippen MR) is 137 cm³/mol. The lowest BCUT2D eigenvalue weighted by molar-refractivity contribution is -0.384. The molecule has 2 amide bonds. The number of nitro groups is 1. The van der Waals surface area contributed by atoms with Crippen LogP contribution in [0.2, 0.25) is 0 Å². The Kier molecular flexibility index (Phi) is 6.52. The average Bonchev–Trinajstić information content (AvgIpc) is 3.39. The third-order valence-corrected chi connectivity index (χ3v) is 7.50.